The molecule has 1 amide bonds. The number of hydrogen-bond acceptors (Lipinski definition) is 2. The number of carbonyl (C=O) groups is 1. The Morgan fingerprint density at radius 3 is 2.38 bits per heavy atom. The van der Waals surface area contributed by atoms with Crippen LogP contribution in [0.5, 0.6) is 0 Å². The first-order valence-corrected chi connectivity index (χ1v) is 6.78. The van der Waals surface area contributed by atoms with Gasteiger partial charge in [0.25, 0.3) is 0 Å². The summed E-state index contributed by atoms with van der Waals surface area (Å²) < 4.78 is 0. The van der Waals surface area contributed by atoms with Gasteiger partial charge in [-0.1, -0.05) is 0 Å². The fourth-order valence-corrected chi connectivity index (χ4v) is 2.52. The molecule has 0 aromatic heterocycles. The SMILES string of the molecule is CCNC(=O)CCNCC(C1CC1)C1CC1. The molecular weight excluding hydrogens is 200 g/mol. The van der Waals surface area contributed by atoms with Crippen LogP contribution in [-0.4, -0.2) is 25.5 Å². The molecule has 0 aromatic rings. The van der Waals surface area contributed by atoms with Crippen LogP contribution in [0.1, 0.15) is 39.0 Å². The molecule has 92 valence electrons. The van der Waals surface area contributed by atoms with Gasteiger partial charge in [-0.3, -0.25) is 4.79 Å². The van der Waals surface area contributed by atoms with Gasteiger partial charge in [0.1, 0.15) is 0 Å². The largest absolute Gasteiger partial charge is 0.356 e. The Balaban J connectivity index is 1.54. The second-order valence-electron chi connectivity index (χ2n) is 5.25. The van der Waals surface area contributed by atoms with E-state index in [4.69, 9.17) is 0 Å². The van der Waals surface area contributed by atoms with Gasteiger partial charge in [-0.05, 0) is 56.9 Å². The molecule has 2 aliphatic carbocycles. The molecule has 2 rings (SSSR count). The number of amides is 1. The van der Waals surface area contributed by atoms with Gasteiger partial charge in [0.15, 0.2) is 0 Å². The van der Waals surface area contributed by atoms with E-state index in [0.717, 1.165) is 37.4 Å². The van der Waals surface area contributed by atoms with E-state index >= 15 is 0 Å². The third-order valence-corrected chi connectivity index (χ3v) is 3.74. The van der Waals surface area contributed by atoms with Crippen molar-refractivity contribution in [1.29, 1.82) is 0 Å². The van der Waals surface area contributed by atoms with E-state index in [1.807, 2.05) is 6.92 Å². The molecule has 0 heterocycles. The van der Waals surface area contributed by atoms with Crippen LogP contribution in [0.15, 0.2) is 0 Å². The van der Waals surface area contributed by atoms with Crippen LogP contribution in [0.3, 0.4) is 0 Å². The van der Waals surface area contributed by atoms with E-state index in [2.05, 4.69) is 10.6 Å². The van der Waals surface area contributed by atoms with Gasteiger partial charge >= 0.3 is 0 Å². The Hall–Kier alpha value is -0.570. The summed E-state index contributed by atoms with van der Waals surface area (Å²) in [6, 6.07) is 0. The molecule has 0 unspecified atom stereocenters. The van der Waals surface area contributed by atoms with Crippen molar-refractivity contribution in [2.75, 3.05) is 19.6 Å². The van der Waals surface area contributed by atoms with Gasteiger partial charge in [-0.25, -0.2) is 0 Å². The highest BCUT2D eigenvalue weighted by molar-refractivity contribution is 5.75. The van der Waals surface area contributed by atoms with Gasteiger partial charge in [-0.2, -0.15) is 0 Å². The molecule has 16 heavy (non-hydrogen) atoms. The Kier molecular flexibility index (Phi) is 4.22. The maximum Gasteiger partial charge on any atom is 0.221 e. The molecule has 3 nitrogen and oxygen atoms in total. The number of hydrogen-bond donors (Lipinski definition) is 2. The van der Waals surface area contributed by atoms with Gasteiger partial charge in [0.05, 0.1) is 0 Å². The lowest BCUT2D eigenvalue weighted by atomic mass is 9.98. The summed E-state index contributed by atoms with van der Waals surface area (Å²) in [5.74, 6) is 3.09. The monoisotopic (exact) mass is 224 g/mol. The molecule has 0 aliphatic heterocycles. The summed E-state index contributed by atoms with van der Waals surface area (Å²) in [6.07, 6.45) is 6.40. The fraction of sp³-hybridized carbons (Fsp3) is 0.923. The quantitative estimate of drug-likeness (QED) is 0.614. The topological polar surface area (TPSA) is 41.1 Å². The highest BCUT2D eigenvalue weighted by Gasteiger charge is 2.40. The number of rotatable bonds is 8. The molecule has 2 N–H and O–H groups in total. The molecule has 2 saturated carbocycles. The summed E-state index contributed by atoms with van der Waals surface area (Å²) in [4.78, 5) is 11.2. The van der Waals surface area contributed by atoms with Crippen LogP contribution in [0.4, 0.5) is 0 Å². The highest BCUT2D eigenvalue weighted by Crippen LogP contribution is 2.48. The molecule has 0 aromatic carbocycles. The Morgan fingerprint density at radius 1 is 1.25 bits per heavy atom. The lowest BCUT2D eigenvalue weighted by molar-refractivity contribution is -0.120. The zero-order valence-corrected chi connectivity index (χ0v) is 10.3. The van der Waals surface area contributed by atoms with Crippen molar-refractivity contribution < 1.29 is 4.79 Å². The van der Waals surface area contributed by atoms with Crippen molar-refractivity contribution in [3.63, 3.8) is 0 Å². The second-order valence-corrected chi connectivity index (χ2v) is 5.25. The van der Waals surface area contributed by atoms with Crippen molar-refractivity contribution in [3.8, 4) is 0 Å². The van der Waals surface area contributed by atoms with Crippen molar-refractivity contribution in [3.05, 3.63) is 0 Å². The maximum absolute atomic E-state index is 11.2. The van der Waals surface area contributed by atoms with E-state index in [0.29, 0.717) is 6.42 Å². The minimum Gasteiger partial charge on any atom is -0.356 e. The molecule has 0 spiro atoms. The summed E-state index contributed by atoms with van der Waals surface area (Å²) >= 11 is 0. The molecule has 0 atom stereocenters. The zero-order valence-electron chi connectivity index (χ0n) is 10.3. The highest BCUT2D eigenvalue weighted by atomic mass is 16.1. The minimum absolute atomic E-state index is 0.171. The van der Waals surface area contributed by atoms with Crippen LogP contribution in [0.25, 0.3) is 0 Å². The van der Waals surface area contributed by atoms with Gasteiger partial charge in [-0.15, -0.1) is 0 Å². The third-order valence-electron chi connectivity index (χ3n) is 3.74. The number of carbonyl (C=O) groups excluding carboxylic acids is 1. The van der Waals surface area contributed by atoms with E-state index < -0.39 is 0 Å². The van der Waals surface area contributed by atoms with E-state index in [1.54, 1.807) is 0 Å². The van der Waals surface area contributed by atoms with Gasteiger partial charge in [0, 0.05) is 19.5 Å². The van der Waals surface area contributed by atoms with Crippen molar-refractivity contribution in [2.45, 2.75) is 39.0 Å². The van der Waals surface area contributed by atoms with Crippen LogP contribution in [0.2, 0.25) is 0 Å². The van der Waals surface area contributed by atoms with Crippen LogP contribution >= 0.6 is 0 Å². The first-order valence-electron chi connectivity index (χ1n) is 6.78. The summed E-state index contributed by atoms with van der Waals surface area (Å²) in [5.41, 5.74) is 0. The smallest absolute Gasteiger partial charge is 0.221 e. The summed E-state index contributed by atoms with van der Waals surface area (Å²) in [5, 5.41) is 6.28. The first kappa shape index (κ1) is 11.9. The molecule has 0 saturated heterocycles. The lowest BCUT2D eigenvalue weighted by Crippen LogP contribution is -2.31. The predicted octanol–water partition coefficient (Wildman–Crippen LogP) is 1.54. The second kappa shape index (κ2) is 5.67. The molecule has 0 bridgehead atoms. The van der Waals surface area contributed by atoms with E-state index in [-0.39, 0.29) is 5.91 Å². The number of nitrogens with one attached hydrogen (secondary N) is 2. The third kappa shape index (κ3) is 3.78. The van der Waals surface area contributed by atoms with Crippen LogP contribution in [0, 0.1) is 17.8 Å². The zero-order chi connectivity index (χ0) is 11.4. The molecule has 2 aliphatic rings. The Morgan fingerprint density at radius 2 is 1.88 bits per heavy atom. The predicted molar refractivity (Wildman–Crippen MR) is 65.1 cm³/mol. The van der Waals surface area contributed by atoms with Crippen molar-refractivity contribution in [1.82, 2.24) is 10.6 Å². The molecule has 0 radical (unpaired) electrons. The van der Waals surface area contributed by atoms with E-state index in [1.165, 1.54) is 25.7 Å². The molecule has 2 fully saturated rings. The summed E-state index contributed by atoms with van der Waals surface area (Å²) in [6.45, 7) is 4.67. The maximum atomic E-state index is 11.2. The van der Waals surface area contributed by atoms with E-state index in [9.17, 15) is 4.79 Å². The van der Waals surface area contributed by atoms with Gasteiger partial charge in [0.2, 0.25) is 5.91 Å². The standard InChI is InChI=1S/C13H24N2O/c1-2-15-13(16)7-8-14-9-12(10-3-4-10)11-5-6-11/h10-12,14H,2-9H2,1H3,(H,15,16). The van der Waals surface area contributed by atoms with Crippen LogP contribution < -0.4 is 10.6 Å². The Labute approximate surface area is 98.4 Å². The minimum atomic E-state index is 0.171. The molecular formula is C13H24N2O. The van der Waals surface area contributed by atoms with Crippen molar-refractivity contribution in [2.24, 2.45) is 17.8 Å². The fourth-order valence-electron chi connectivity index (χ4n) is 2.52. The normalized spacial score (nSPS) is 20.1. The average molecular weight is 224 g/mol. The molecule has 3 heteroatoms. The lowest BCUT2D eigenvalue weighted by Gasteiger charge is -2.15. The van der Waals surface area contributed by atoms with Crippen molar-refractivity contribution >= 4 is 5.91 Å². The first-order chi connectivity index (χ1) is 7.81. The Bertz CT molecular complexity index is 222. The summed E-state index contributed by atoms with van der Waals surface area (Å²) in [7, 11) is 0. The van der Waals surface area contributed by atoms with Gasteiger partial charge < -0.3 is 10.6 Å². The van der Waals surface area contributed by atoms with Crippen LogP contribution in [-0.2, 0) is 4.79 Å². The average Bonchev–Trinajstić information content (AvgIpc) is 3.12.